The van der Waals surface area contributed by atoms with Crippen LogP contribution in [0.25, 0.3) is 55.6 Å². The highest BCUT2D eigenvalue weighted by atomic mass is 79.9. The van der Waals surface area contributed by atoms with Gasteiger partial charge in [0.1, 0.15) is 0 Å². The Balaban J connectivity index is 1.57. The van der Waals surface area contributed by atoms with E-state index in [0.29, 0.717) is 53.5 Å². The van der Waals surface area contributed by atoms with Gasteiger partial charge in [-0.1, -0.05) is 80.4 Å². The van der Waals surface area contributed by atoms with Gasteiger partial charge in [0.15, 0.2) is 0 Å². The second kappa shape index (κ2) is 14.3. The summed E-state index contributed by atoms with van der Waals surface area (Å²) in [5.41, 5.74) is -0.272. The lowest BCUT2D eigenvalue weighted by atomic mass is 9.87. The van der Waals surface area contributed by atoms with Crippen molar-refractivity contribution in [1.29, 1.82) is 0 Å². The third-order valence-electron chi connectivity index (χ3n) is 8.60. The molecule has 54 heavy (non-hydrogen) atoms. The monoisotopic (exact) mass is 886 g/mol. The molecule has 0 radical (unpaired) electrons. The number of alkyl halides is 12. The fourth-order valence-corrected chi connectivity index (χ4v) is 6.98. The Morgan fingerprint density at radius 3 is 0.630 bits per heavy atom. The van der Waals surface area contributed by atoms with E-state index in [1.165, 1.54) is 48.5 Å². The van der Waals surface area contributed by atoms with Gasteiger partial charge >= 0.3 is 24.7 Å². The number of benzene rings is 6. The molecule has 0 saturated carbocycles. The molecule has 0 heterocycles. The van der Waals surface area contributed by atoms with Crippen molar-refractivity contribution in [3.05, 3.63) is 153 Å². The van der Waals surface area contributed by atoms with Crippen LogP contribution in [0.2, 0.25) is 0 Å². The van der Waals surface area contributed by atoms with Crippen LogP contribution in [-0.2, 0) is 24.7 Å². The standard InChI is InChI=1S/C40H20Br2F12/c41-35-19-31(23-5-13-27(14-6-23)39(49,50)51)29(21-1-9-25(10-2-21)37(43,44)45)17-33(35)34-18-30(22-3-11-26(12-4-22)38(46,47)48)32(20-36(34)42)24-7-15-28(16-8-24)40(52,53)54/h1-20H. The van der Waals surface area contributed by atoms with E-state index < -0.39 is 47.0 Å². The maximum Gasteiger partial charge on any atom is 0.416 e. The fraction of sp³-hybridized carbons (Fsp3) is 0.100. The minimum absolute atomic E-state index is 0.284. The van der Waals surface area contributed by atoms with E-state index in [4.69, 9.17) is 0 Å². The second-order valence-electron chi connectivity index (χ2n) is 12.1. The lowest BCUT2D eigenvalue weighted by Crippen LogP contribution is -2.04. The van der Waals surface area contributed by atoms with Crippen molar-refractivity contribution in [2.75, 3.05) is 0 Å². The minimum atomic E-state index is -4.64. The molecular weight excluding hydrogens is 868 g/mol. The van der Waals surface area contributed by atoms with Gasteiger partial charge in [-0.3, -0.25) is 0 Å². The van der Waals surface area contributed by atoms with Crippen molar-refractivity contribution >= 4 is 31.9 Å². The molecule has 0 unspecified atom stereocenters. The van der Waals surface area contributed by atoms with Crippen molar-refractivity contribution in [3.8, 4) is 55.6 Å². The van der Waals surface area contributed by atoms with Crippen molar-refractivity contribution in [1.82, 2.24) is 0 Å². The topological polar surface area (TPSA) is 0 Å². The Kier molecular flexibility index (Phi) is 10.3. The molecule has 0 N–H and O–H groups in total. The summed E-state index contributed by atoms with van der Waals surface area (Å²) in [6.07, 6.45) is -18.5. The van der Waals surface area contributed by atoms with Crippen LogP contribution in [-0.4, -0.2) is 0 Å². The lowest BCUT2D eigenvalue weighted by Gasteiger charge is -2.20. The van der Waals surface area contributed by atoms with Crippen molar-refractivity contribution in [2.45, 2.75) is 24.7 Å². The van der Waals surface area contributed by atoms with Gasteiger partial charge in [0, 0.05) is 8.95 Å². The molecule has 0 aromatic heterocycles. The molecule has 0 fully saturated rings. The SMILES string of the molecule is FC(F)(F)c1ccc(-c2cc(Br)c(-c3cc(-c4ccc(C(F)(F)F)cc4)c(-c4ccc(C(F)(F)F)cc4)cc3Br)cc2-c2ccc(C(F)(F)F)cc2)cc1. The highest BCUT2D eigenvalue weighted by Gasteiger charge is 2.33. The average molecular weight is 888 g/mol. The van der Waals surface area contributed by atoms with Crippen LogP contribution < -0.4 is 0 Å². The maximum atomic E-state index is 13.5. The van der Waals surface area contributed by atoms with Gasteiger partial charge in [-0.15, -0.1) is 0 Å². The van der Waals surface area contributed by atoms with Crippen LogP contribution in [0.1, 0.15) is 22.3 Å². The Morgan fingerprint density at radius 2 is 0.444 bits per heavy atom. The molecule has 14 heteroatoms. The van der Waals surface area contributed by atoms with Gasteiger partial charge < -0.3 is 0 Å². The first-order valence-corrected chi connectivity index (χ1v) is 17.1. The maximum absolute atomic E-state index is 13.5. The molecule has 0 spiro atoms. The predicted molar refractivity (Wildman–Crippen MR) is 189 cm³/mol. The van der Waals surface area contributed by atoms with E-state index in [1.54, 1.807) is 24.3 Å². The molecule has 0 bridgehead atoms. The van der Waals surface area contributed by atoms with E-state index in [0.717, 1.165) is 48.5 Å². The van der Waals surface area contributed by atoms with E-state index >= 15 is 0 Å². The molecule has 0 saturated heterocycles. The summed E-state index contributed by atoms with van der Waals surface area (Å²) in [4.78, 5) is 0. The normalized spacial score (nSPS) is 12.6. The molecule has 6 aromatic rings. The second-order valence-corrected chi connectivity index (χ2v) is 13.8. The molecule has 0 aliphatic rings. The van der Waals surface area contributed by atoms with Crippen molar-refractivity contribution in [3.63, 3.8) is 0 Å². The first-order valence-electron chi connectivity index (χ1n) is 15.5. The molecule has 0 aliphatic heterocycles. The average Bonchev–Trinajstić information content (AvgIpc) is 3.10. The summed E-state index contributed by atoms with van der Waals surface area (Å²) < 4.78 is 162. The zero-order chi connectivity index (χ0) is 39.4. The van der Waals surface area contributed by atoms with Gasteiger partial charge in [0.05, 0.1) is 22.3 Å². The Hall–Kier alpha value is -4.56. The van der Waals surface area contributed by atoms with Crippen LogP contribution >= 0.6 is 31.9 Å². The first-order chi connectivity index (χ1) is 25.1. The van der Waals surface area contributed by atoms with E-state index in [9.17, 15) is 52.7 Å². The summed E-state index contributed by atoms with van der Waals surface area (Å²) in [6, 6.07) is 23.2. The highest BCUT2D eigenvalue weighted by molar-refractivity contribution is 9.11. The summed E-state index contributed by atoms with van der Waals surface area (Å²) >= 11 is 7.05. The summed E-state index contributed by atoms with van der Waals surface area (Å²) in [6.45, 7) is 0. The van der Waals surface area contributed by atoms with Crippen LogP contribution in [0, 0.1) is 0 Å². The third-order valence-corrected chi connectivity index (χ3v) is 9.91. The molecule has 0 amide bonds. The van der Waals surface area contributed by atoms with E-state index in [-0.39, 0.29) is 11.1 Å². The van der Waals surface area contributed by atoms with Gasteiger partial charge in [0.2, 0.25) is 0 Å². The fourth-order valence-electron chi connectivity index (χ4n) is 5.87. The van der Waals surface area contributed by atoms with Gasteiger partial charge in [-0.25, -0.2) is 0 Å². The Labute approximate surface area is 316 Å². The highest BCUT2D eigenvalue weighted by Crippen LogP contribution is 2.47. The molecular formula is C40H20Br2F12. The molecule has 0 atom stereocenters. The van der Waals surface area contributed by atoms with Crippen LogP contribution in [0.5, 0.6) is 0 Å². The summed E-state index contributed by atoms with van der Waals surface area (Å²) in [7, 11) is 0. The van der Waals surface area contributed by atoms with Gasteiger partial charge in [-0.05, 0) is 128 Å². The number of hydrogen-bond donors (Lipinski definition) is 0. The zero-order valence-electron chi connectivity index (χ0n) is 26.8. The van der Waals surface area contributed by atoms with Crippen LogP contribution in [0.3, 0.4) is 0 Å². The number of hydrogen-bond acceptors (Lipinski definition) is 0. The molecule has 0 aliphatic carbocycles. The van der Waals surface area contributed by atoms with Crippen LogP contribution in [0.15, 0.2) is 130 Å². The van der Waals surface area contributed by atoms with Crippen LogP contribution in [0.4, 0.5) is 52.7 Å². The first kappa shape index (κ1) is 39.1. The van der Waals surface area contributed by atoms with Gasteiger partial charge in [0.25, 0.3) is 0 Å². The van der Waals surface area contributed by atoms with E-state index in [2.05, 4.69) is 31.9 Å². The number of rotatable bonds is 5. The zero-order valence-corrected chi connectivity index (χ0v) is 30.0. The summed E-state index contributed by atoms with van der Waals surface area (Å²) in [5, 5.41) is 0. The quantitative estimate of drug-likeness (QED) is 0.151. The number of halogens is 14. The lowest BCUT2D eigenvalue weighted by molar-refractivity contribution is -0.138. The Morgan fingerprint density at radius 1 is 0.259 bits per heavy atom. The minimum Gasteiger partial charge on any atom is -0.166 e. The smallest absolute Gasteiger partial charge is 0.166 e. The molecule has 6 rings (SSSR count). The third kappa shape index (κ3) is 8.24. The predicted octanol–water partition coefficient (Wildman–Crippen LogP) is 15.6. The largest absolute Gasteiger partial charge is 0.416 e. The molecule has 6 aromatic carbocycles. The molecule has 0 nitrogen and oxygen atoms in total. The summed E-state index contributed by atoms with van der Waals surface area (Å²) in [5.74, 6) is 0. The van der Waals surface area contributed by atoms with Crippen molar-refractivity contribution in [2.24, 2.45) is 0 Å². The van der Waals surface area contributed by atoms with Gasteiger partial charge in [-0.2, -0.15) is 52.7 Å². The van der Waals surface area contributed by atoms with E-state index in [1.807, 2.05) is 0 Å². The molecule has 278 valence electrons. The van der Waals surface area contributed by atoms with Crippen molar-refractivity contribution < 1.29 is 52.7 Å². The Bertz CT molecular complexity index is 2130.